The summed E-state index contributed by atoms with van der Waals surface area (Å²) in [6.45, 7) is 2.29. The molecule has 112 valence electrons. The van der Waals surface area contributed by atoms with Crippen LogP contribution in [-0.2, 0) is 11.3 Å². The molecule has 0 saturated carbocycles. The molecule has 1 atom stereocenters. The predicted octanol–water partition coefficient (Wildman–Crippen LogP) is 2.99. The Morgan fingerprint density at radius 1 is 1.19 bits per heavy atom. The second-order valence-corrected chi connectivity index (χ2v) is 5.44. The molecule has 1 unspecified atom stereocenters. The number of benzene rings is 1. The fourth-order valence-electron chi connectivity index (χ4n) is 2.90. The van der Waals surface area contributed by atoms with Crippen LogP contribution >= 0.6 is 0 Å². The molecule has 0 aliphatic carbocycles. The van der Waals surface area contributed by atoms with Crippen molar-refractivity contribution in [3.63, 3.8) is 0 Å². The fourth-order valence-corrected chi connectivity index (χ4v) is 2.90. The van der Waals surface area contributed by atoms with E-state index in [1.807, 2.05) is 0 Å². The third kappa shape index (κ3) is 3.42. The highest BCUT2D eigenvalue weighted by atomic mass is 16.5. The number of ether oxygens (including phenoxy) is 1. The fraction of sp³-hybridized carbons (Fsp3) is 0.500. The standard InChI is InChI=1S/C16H21N3O2/c1-20-12-15-17-18-16(21-15)19-10-5-8-14(9-11-19)13-6-3-2-4-7-13/h2-4,6-7,14H,5,8-12H2,1H3. The van der Waals surface area contributed by atoms with Crippen molar-refractivity contribution in [2.24, 2.45) is 0 Å². The SMILES string of the molecule is COCc1nnc(N2CCCC(c3ccccc3)CC2)o1. The largest absolute Gasteiger partial charge is 0.405 e. The van der Waals surface area contributed by atoms with E-state index in [0.29, 0.717) is 24.4 Å². The van der Waals surface area contributed by atoms with Crippen LogP contribution in [-0.4, -0.2) is 30.4 Å². The maximum Gasteiger partial charge on any atom is 0.318 e. The van der Waals surface area contributed by atoms with E-state index in [0.717, 1.165) is 25.9 Å². The molecule has 1 aliphatic rings. The zero-order valence-corrected chi connectivity index (χ0v) is 12.4. The number of nitrogens with zero attached hydrogens (tertiary/aromatic N) is 3. The first-order chi connectivity index (χ1) is 10.4. The second-order valence-electron chi connectivity index (χ2n) is 5.44. The van der Waals surface area contributed by atoms with Gasteiger partial charge in [0.05, 0.1) is 0 Å². The number of hydrogen-bond donors (Lipinski definition) is 0. The Labute approximate surface area is 124 Å². The number of methoxy groups -OCH3 is 1. The number of rotatable bonds is 4. The molecule has 1 aromatic carbocycles. The lowest BCUT2D eigenvalue weighted by atomic mass is 9.92. The molecule has 0 amide bonds. The van der Waals surface area contributed by atoms with Gasteiger partial charge in [-0.25, -0.2) is 0 Å². The highest BCUT2D eigenvalue weighted by molar-refractivity contribution is 5.26. The van der Waals surface area contributed by atoms with Gasteiger partial charge in [-0.15, -0.1) is 5.10 Å². The number of anilines is 1. The molecule has 0 N–H and O–H groups in total. The molecule has 1 saturated heterocycles. The van der Waals surface area contributed by atoms with E-state index in [4.69, 9.17) is 9.15 Å². The number of aromatic nitrogens is 2. The zero-order chi connectivity index (χ0) is 14.5. The molecule has 2 aromatic rings. The van der Waals surface area contributed by atoms with E-state index in [1.165, 1.54) is 12.0 Å². The molecule has 0 spiro atoms. The van der Waals surface area contributed by atoms with Crippen molar-refractivity contribution in [1.82, 2.24) is 10.2 Å². The molecular formula is C16H21N3O2. The van der Waals surface area contributed by atoms with Gasteiger partial charge < -0.3 is 14.1 Å². The molecule has 5 heteroatoms. The van der Waals surface area contributed by atoms with E-state index in [-0.39, 0.29) is 0 Å². The Morgan fingerprint density at radius 3 is 2.86 bits per heavy atom. The van der Waals surface area contributed by atoms with Gasteiger partial charge in [0.15, 0.2) is 0 Å². The van der Waals surface area contributed by atoms with Gasteiger partial charge in [0.25, 0.3) is 0 Å². The lowest BCUT2D eigenvalue weighted by Crippen LogP contribution is -2.24. The molecule has 0 radical (unpaired) electrons. The van der Waals surface area contributed by atoms with Crippen LogP contribution in [0.5, 0.6) is 0 Å². The van der Waals surface area contributed by atoms with Gasteiger partial charge in [-0.2, -0.15) is 0 Å². The van der Waals surface area contributed by atoms with Gasteiger partial charge >= 0.3 is 6.01 Å². The highest BCUT2D eigenvalue weighted by Crippen LogP contribution is 2.29. The number of hydrogen-bond acceptors (Lipinski definition) is 5. The summed E-state index contributed by atoms with van der Waals surface area (Å²) in [5, 5.41) is 8.13. The minimum absolute atomic E-state index is 0.369. The van der Waals surface area contributed by atoms with Crippen LogP contribution in [0.25, 0.3) is 0 Å². The smallest absolute Gasteiger partial charge is 0.318 e. The van der Waals surface area contributed by atoms with Crippen LogP contribution in [0.15, 0.2) is 34.7 Å². The lowest BCUT2D eigenvalue weighted by Gasteiger charge is -2.17. The first kappa shape index (κ1) is 14.1. The zero-order valence-electron chi connectivity index (χ0n) is 12.4. The summed E-state index contributed by atoms with van der Waals surface area (Å²) in [5.74, 6) is 1.16. The average Bonchev–Trinajstić information content (AvgIpc) is 2.84. The van der Waals surface area contributed by atoms with Crippen LogP contribution in [0.2, 0.25) is 0 Å². The summed E-state index contributed by atoms with van der Waals surface area (Å²) in [5.41, 5.74) is 1.44. The topological polar surface area (TPSA) is 51.4 Å². The Hall–Kier alpha value is -1.88. The summed E-state index contributed by atoms with van der Waals surface area (Å²) in [4.78, 5) is 2.19. The van der Waals surface area contributed by atoms with E-state index in [1.54, 1.807) is 7.11 Å². The van der Waals surface area contributed by atoms with Crippen molar-refractivity contribution in [3.8, 4) is 0 Å². The van der Waals surface area contributed by atoms with Gasteiger partial charge in [0, 0.05) is 20.2 Å². The van der Waals surface area contributed by atoms with Crippen LogP contribution in [0, 0.1) is 0 Å². The third-order valence-electron chi connectivity index (χ3n) is 3.99. The maximum absolute atomic E-state index is 5.64. The first-order valence-corrected chi connectivity index (χ1v) is 7.48. The second kappa shape index (κ2) is 6.72. The van der Waals surface area contributed by atoms with Crippen LogP contribution in [0.4, 0.5) is 6.01 Å². The van der Waals surface area contributed by atoms with Crippen molar-refractivity contribution < 1.29 is 9.15 Å². The minimum atomic E-state index is 0.369. The molecule has 3 rings (SSSR count). The minimum Gasteiger partial charge on any atom is -0.405 e. The molecule has 5 nitrogen and oxygen atoms in total. The van der Waals surface area contributed by atoms with E-state index < -0.39 is 0 Å². The average molecular weight is 287 g/mol. The van der Waals surface area contributed by atoms with Gasteiger partial charge in [0.2, 0.25) is 5.89 Å². The predicted molar refractivity (Wildman–Crippen MR) is 80.3 cm³/mol. The van der Waals surface area contributed by atoms with Crippen LogP contribution in [0.1, 0.15) is 36.6 Å². The molecule has 1 fully saturated rings. The molecule has 1 aliphatic heterocycles. The summed E-state index contributed by atoms with van der Waals surface area (Å²) < 4.78 is 10.7. The first-order valence-electron chi connectivity index (χ1n) is 7.48. The van der Waals surface area contributed by atoms with E-state index >= 15 is 0 Å². The maximum atomic E-state index is 5.64. The Balaban J connectivity index is 1.65. The van der Waals surface area contributed by atoms with Crippen molar-refractivity contribution >= 4 is 6.01 Å². The third-order valence-corrected chi connectivity index (χ3v) is 3.99. The molecule has 21 heavy (non-hydrogen) atoms. The Kier molecular flexibility index (Phi) is 4.50. The van der Waals surface area contributed by atoms with Gasteiger partial charge in [-0.3, -0.25) is 0 Å². The van der Waals surface area contributed by atoms with E-state index in [9.17, 15) is 0 Å². The van der Waals surface area contributed by atoms with E-state index in [2.05, 4.69) is 45.4 Å². The normalized spacial score (nSPS) is 19.5. The summed E-state index contributed by atoms with van der Waals surface area (Å²) >= 11 is 0. The Morgan fingerprint density at radius 2 is 2.05 bits per heavy atom. The quantitative estimate of drug-likeness (QED) is 0.865. The molecule has 0 bridgehead atoms. The summed E-state index contributed by atoms with van der Waals surface area (Å²) in [6.07, 6.45) is 3.47. The monoisotopic (exact) mass is 287 g/mol. The van der Waals surface area contributed by atoms with Crippen LogP contribution in [0.3, 0.4) is 0 Å². The molecule has 1 aromatic heterocycles. The van der Waals surface area contributed by atoms with Gasteiger partial charge in [0.1, 0.15) is 6.61 Å². The highest BCUT2D eigenvalue weighted by Gasteiger charge is 2.21. The summed E-state index contributed by atoms with van der Waals surface area (Å²) in [6, 6.07) is 11.4. The Bertz CT molecular complexity index is 556. The van der Waals surface area contributed by atoms with Crippen molar-refractivity contribution in [2.75, 3.05) is 25.1 Å². The molecular weight excluding hydrogens is 266 g/mol. The summed E-state index contributed by atoms with van der Waals surface area (Å²) in [7, 11) is 1.63. The molecule has 2 heterocycles. The van der Waals surface area contributed by atoms with Crippen molar-refractivity contribution in [1.29, 1.82) is 0 Å². The van der Waals surface area contributed by atoms with Gasteiger partial charge in [-0.1, -0.05) is 35.4 Å². The lowest BCUT2D eigenvalue weighted by molar-refractivity contribution is 0.160. The van der Waals surface area contributed by atoms with Crippen molar-refractivity contribution in [2.45, 2.75) is 31.8 Å². The van der Waals surface area contributed by atoms with Gasteiger partial charge in [-0.05, 0) is 30.7 Å². The van der Waals surface area contributed by atoms with Crippen molar-refractivity contribution in [3.05, 3.63) is 41.8 Å². The van der Waals surface area contributed by atoms with Crippen LogP contribution < -0.4 is 4.90 Å².